The number of hydrogen-bond donors (Lipinski definition) is 1. The molecule has 4 rings (SSSR count). The summed E-state index contributed by atoms with van der Waals surface area (Å²) in [6.45, 7) is 7.55. The third kappa shape index (κ3) is 4.93. The van der Waals surface area contributed by atoms with E-state index in [0.29, 0.717) is 11.7 Å². The van der Waals surface area contributed by atoms with E-state index in [1.54, 1.807) is 0 Å². The minimum Gasteiger partial charge on any atom is -0.249 e. The first-order valence-electron chi connectivity index (χ1n) is 11.5. The van der Waals surface area contributed by atoms with E-state index in [1.165, 1.54) is 18.4 Å². The molecule has 4 aromatic rings. The summed E-state index contributed by atoms with van der Waals surface area (Å²) >= 11 is 0. The van der Waals surface area contributed by atoms with E-state index in [4.69, 9.17) is 10.1 Å². The zero-order valence-corrected chi connectivity index (χ0v) is 19.1. The highest BCUT2D eigenvalue weighted by molar-refractivity contribution is 5.80. The highest BCUT2D eigenvalue weighted by Crippen LogP contribution is 2.30. The molecule has 2 aromatic carbocycles. The molecule has 0 radical (unpaired) electrons. The lowest BCUT2D eigenvalue weighted by atomic mass is 9.98. The van der Waals surface area contributed by atoms with Crippen LogP contribution in [0.3, 0.4) is 0 Å². The number of aryl methyl sites for hydroxylation is 1. The summed E-state index contributed by atoms with van der Waals surface area (Å²) in [5.41, 5.74) is 4.40. The number of aromatic nitrogens is 7. The van der Waals surface area contributed by atoms with E-state index in [-0.39, 0.29) is 0 Å². The molecule has 0 amide bonds. The van der Waals surface area contributed by atoms with Gasteiger partial charge in [-0.1, -0.05) is 82.1 Å². The highest BCUT2D eigenvalue weighted by Gasteiger charge is 2.15. The van der Waals surface area contributed by atoms with Gasteiger partial charge in [0.25, 0.3) is 0 Å². The number of rotatable bonds is 10. The number of nitrogens with zero attached hydrogens (tertiary/aromatic N) is 6. The van der Waals surface area contributed by atoms with Crippen molar-refractivity contribution in [2.45, 2.75) is 65.3 Å². The molecule has 0 bridgehead atoms. The summed E-state index contributed by atoms with van der Waals surface area (Å²) in [7, 11) is 0. The van der Waals surface area contributed by atoms with Gasteiger partial charge < -0.3 is 0 Å². The highest BCUT2D eigenvalue weighted by atomic mass is 15.5. The Labute approximate surface area is 189 Å². The van der Waals surface area contributed by atoms with Crippen LogP contribution in [0.1, 0.15) is 69.6 Å². The number of hydrogen-bond acceptors (Lipinski definition) is 5. The van der Waals surface area contributed by atoms with E-state index in [9.17, 15) is 0 Å². The summed E-state index contributed by atoms with van der Waals surface area (Å²) in [4.78, 5) is 4.91. The molecule has 0 saturated heterocycles. The Bertz CT molecular complexity index is 1110. The fraction of sp³-hybridized carbons (Fsp3) is 0.400. The lowest BCUT2D eigenvalue weighted by Gasteiger charge is -2.09. The van der Waals surface area contributed by atoms with Crippen LogP contribution in [0.25, 0.3) is 22.5 Å². The Kier molecular flexibility index (Phi) is 7.04. The van der Waals surface area contributed by atoms with Crippen molar-refractivity contribution in [2.24, 2.45) is 0 Å². The van der Waals surface area contributed by atoms with Gasteiger partial charge in [0.1, 0.15) is 5.82 Å². The van der Waals surface area contributed by atoms with Gasteiger partial charge in [0.15, 0.2) is 5.82 Å². The SMILES string of the molecule is CCCCCn1nc(C(C)CC)nc1Cc1ccc(-c2ccccc2-c2nn[nH]n2)cc1. The van der Waals surface area contributed by atoms with E-state index < -0.39 is 0 Å². The van der Waals surface area contributed by atoms with E-state index in [2.05, 4.69) is 76.4 Å². The zero-order chi connectivity index (χ0) is 22.3. The number of unbranched alkanes of at least 4 members (excludes halogenated alkanes) is 2. The number of benzene rings is 2. The molecular weight excluding hydrogens is 398 g/mol. The van der Waals surface area contributed by atoms with E-state index in [0.717, 1.165) is 54.1 Å². The quantitative estimate of drug-likeness (QED) is 0.340. The van der Waals surface area contributed by atoms with Crippen LogP contribution in [-0.4, -0.2) is 35.4 Å². The number of nitrogens with one attached hydrogen (secondary N) is 1. The standard InChI is InChI=1S/C25H31N7/c1-4-6-9-16-32-23(26-24(29-32)18(3)5-2)17-19-12-14-20(15-13-19)21-10-7-8-11-22(21)25-27-30-31-28-25/h7-8,10-15,18H,4-6,9,16-17H2,1-3H3,(H,27,28,30,31). The van der Waals surface area contributed by atoms with Gasteiger partial charge in [0, 0.05) is 24.4 Å². The van der Waals surface area contributed by atoms with Crippen molar-refractivity contribution < 1.29 is 0 Å². The van der Waals surface area contributed by atoms with Crippen LogP contribution in [0, 0.1) is 0 Å². The van der Waals surface area contributed by atoms with Crippen molar-refractivity contribution in [3.05, 3.63) is 65.7 Å². The Hall–Kier alpha value is -3.35. The van der Waals surface area contributed by atoms with Crippen LogP contribution in [-0.2, 0) is 13.0 Å². The molecule has 7 heteroatoms. The molecule has 32 heavy (non-hydrogen) atoms. The molecular formula is C25H31N7. The van der Waals surface area contributed by atoms with Gasteiger partial charge in [-0.25, -0.2) is 9.67 Å². The number of H-pyrrole nitrogens is 1. The third-order valence-corrected chi connectivity index (χ3v) is 5.93. The van der Waals surface area contributed by atoms with Crippen LogP contribution >= 0.6 is 0 Å². The van der Waals surface area contributed by atoms with Gasteiger partial charge >= 0.3 is 0 Å². The smallest absolute Gasteiger partial charge is 0.205 e. The summed E-state index contributed by atoms with van der Waals surface area (Å²) in [5.74, 6) is 2.99. The maximum atomic E-state index is 4.91. The molecule has 1 N–H and O–H groups in total. The van der Waals surface area contributed by atoms with E-state index in [1.807, 2.05) is 18.2 Å². The molecule has 0 aliphatic heterocycles. The second-order valence-corrected chi connectivity index (χ2v) is 8.28. The van der Waals surface area contributed by atoms with Crippen molar-refractivity contribution in [1.82, 2.24) is 35.4 Å². The molecule has 0 fully saturated rings. The molecule has 166 valence electrons. The maximum Gasteiger partial charge on any atom is 0.205 e. The Morgan fingerprint density at radius 3 is 2.44 bits per heavy atom. The first kappa shape index (κ1) is 21.9. The molecule has 2 heterocycles. The molecule has 0 saturated carbocycles. The Morgan fingerprint density at radius 1 is 0.969 bits per heavy atom. The topological polar surface area (TPSA) is 85.2 Å². The normalized spacial score (nSPS) is 12.2. The van der Waals surface area contributed by atoms with Gasteiger partial charge in [0.2, 0.25) is 5.82 Å². The molecule has 0 aliphatic rings. The zero-order valence-electron chi connectivity index (χ0n) is 19.1. The van der Waals surface area contributed by atoms with E-state index >= 15 is 0 Å². The van der Waals surface area contributed by atoms with Crippen LogP contribution in [0.2, 0.25) is 0 Å². The average molecular weight is 430 g/mol. The molecule has 7 nitrogen and oxygen atoms in total. The van der Waals surface area contributed by atoms with Gasteiger partial charge in [-0.05, 0) is 34.7 Å². The lowest BCUT2D eigenvalue weighted by molar-refractivity contribution is 0.526. The summed E-state index contributed by atoms with van der Waals surface area (Å²) in [5, 5.41) is 19.4. The Balaban J connectivity index is 1.57. The summed E-state index contributed by atoms with van der Waals surface area (Å²) < 4.78 is 2.12. The third-order valence-electron chi connectivity index (χ3n) is 5.93. The van der Waals surface area contributed by atoms with Crippen molar-refractivity contribution >= 4 is 0 Å². The first-order valence-corrected chi connectivity index (χ1v) is 11.5. The van der Waals surface area contributed by atoms with Crippen LogP contribution in [0.4, 0.5) is 0 Å². The van der Waals surface area contributed by atoms with Crippen molar-refractivity contribution in [1.29, 1.82) is 0 Å². The largest absolute Gasteiger partial charge is 0.249 e. The molecule has 0 spiro atoms. The van der Waals surface area contributed by atoms with Gasteiger partial charge in [-0.3, -0.25) is 0 Å². The van der Waals surface area contributed by atoms with Crippen molar-refractivity contribution in [3.8, 4) is 22.5 Å². The average Bonchev–Trinajstić information content (AvgIpc) is 3.50. The predicted molar refractivity (Wildman–Crippen MR) is 126 cm³/mol. The van der Waals surface area contributed by atoms with Gasteiger partial charge in [0.05, 0.1) is 0 Å². The van der Waals surface area contributed by atoms with Crippen molar-refractivity contribution in [2.75, 3.05) is 0 Å². The number of tetrazole rings is 1. The molecule has 1 unspecified atom stereocenters. The van der Waals surface area contributed by atoms with Crippen LogP contribution in [0.5, 0.6) is 0 Å². The monoisotopic (exact) mass is 429 g/mol. The predicted octanol–water partition coefficient (Wildman–Crippen LogP) is 5.42. The summed E-state index contributed by atoms with van der Waals surface area (Å²) in [6.07, 6.45) is 5.38. The van der Waals surface area contributed by atoms with Crippen LogP contribution in [0.15, 0.2) is 48.5 Å². The number of aromatic amines is 1. The fourth-order valence-electron chi connectivity index (χ4n) is 3.80. The van der Waals surface area contributed by atoms with Crippen LogP contribution < -0.4 is 0 Å². The minimum atomic E-state index is 0.380. The molecule has 1 atom stereocenters. The Morgan fingerprint density at radius 2 is 1.75 bits per heavy atom. The van der Waals surface area contributed by atoms with Gasteiger partial charge in [-0.15, -0.1) is 10.2 Å². The fourth-order valence-corrected chi connectivity index (χ4v) is 3.80. The van der Waals surface area contributed by atoms with Crippen molar-refractivity contribution in [3.63, 3.8) is 0 Å². The maximum absolute atomic E-state index is 4.91. The molecule has 2 aromatic heterocycles. The lowest BCUT2D eigenvalue weighted by Crippen LogP contribution is -2.07. The second kappa shape index (κ2) is 10.3. The molecule has 0 aliphatic carbocycles. The van der Waals surface area contributed by atoms with Gasteiger partial charge in [-0.2, -0.15) is 10.3 Å². The second-order valence-electron chi connectivity index (χ2n) is 8.28. The minimum absolute atomic E-state index is 0.380. The summed E-state index contributed by atoms with van der Waals surface area (Å²) in [6, 6.07) is 16.8. The first-order chi connectivity index (χ1) is 15.7.